The molecule has 0 spiro atoms. The van der Waals surface area contributed by atoms with Gasteiger partial charge in [-0.1, -0.05) is 35.9 Å². The number of tetrazole rings is 1. The predicted octanol–water partition coefficient (Wildman–Crippen LogP) is 4.06. The molecule has 0 aliphatic carbocycles. The summed E-state index contributed by atoms with van der Waals surface area (Å²) in [5.74, 6) is 0.144. The average Bonchev–Trinajstić information content (AvgIpc) is 2.97. The molecule has 0 atom stereocenters. The standard InChI is InChI=1S/C15H10ClF3N4/c16-13-6-4-10(5-7-13)9-23-21-14(20-22-23)11-2-1-3-12(8-11)15(17,18)19/h1-8H,9H2. The van der Waals surface area contributed by atoms with Crippen molar-refractivity contribution in [1.82, 2.24) is 20.2 Å². The van der Waals surface area contributed by atoms with Crippen molar-refractivity contribution >= 4 is 11.6 Å². The third kappa shape index (κ3) is 3.68. The third-order valence-electron chi connectivity index (χ3n) is 3.14. The Hall–Kier alpha value is -2.41. The van der Waals surface area contributed by atoms with Gasteiger partial charge in [-0.2, -0.15) is 18.0 Å². The Balaban J connectivity index is 1.83. The molecule has 3 aromatic rings. The maximum atomic E-state index is 12.7. The molecule has 0 aliphatic heterocycles. The summed E-state index contributed by atoms with van der Waals surface area (Å²) in [6.07, 6.45) is -4.41. The quantitative estimate of drug-likeness (QED) is 0.723. The molecule has 1 heterocycles. The van der Waals surface area contributed by atoms with Crippen molar-refractivity contribution in [3.8, 4) is 11.4 Å². The van der Waals surface area contributed by atoms with Gasteiger partial charge in [0.05, 0.1) is 12.1 Å². The maximum Gasteiger partial charge on any atom is 0.416 e. The number of alkyl halides is 3. The zero-order valence-electron chi connectivity index (χ0n) is 11.6. The van der Waals surface area contributed by atoms with E-state index in [4.69, 9.17) is 11.6 Å². The van der Waals surface area contributed by atoms with Gasteiger partial charge in [0.2, 0.25) is 5.82 Å². The van der Waals surface area contributed by atoms with Gasteiger partial charge >= 0.3 is 6.18 Å². The lowest BCUT2D eigenvalue weighted by molar-refractivity contribution is -0.137. The number of halogens is 4. The summed E-state index contributed by atoms with van der Waals surface area (Å²) in [5.41, 5.74) is 0.425. The van der Waals surface area contributed by atoms with E-state index in [1.807, 2.05) is 12.1 Å². The molecule has 4 nitrogen and oxygen atoms in total. The van der Waals surface area contributed by atoms with Crippen LogP contribution in [0.3, 0.4) is 0 Å². The lowest BCUT2D eigenvalue weighted by atomic mass is 10.1. The van der Waals surface area contributed by atoms with Crippen LogP contribution in [0.15, 0.2) is 48.5 Å². The van der Waals surface area contributed by atoms with Crippen LogP contribution >= 0.6 is 11.6 Å². The Morgan fingerprint density at radius 1 is 1.04 bits per heavy atom. The van der Waals surface area contributed by atoms with Crippen LogP contribution in [0.5, 0.6) is 0 Å². The first kappa shape index (κ1) is 15.5. The monoisotopic (exact) mass is 338 g/mol. The molecule has 0 fully saturated rings. The minimum absolute atomic E-state index is 0.144. The van der Waals surface area contributed by atoms with Gasteiger partial charge < -0.3 is 0 Å². The first-order valence-corrected chi connectivity index (χ1v) is 6.99. The lowest BCUT2D eigenvalue weighted by Crippen LogP contribution is -2.05. The summed E-state index contributed by atoms with van der Waals surface area (Å²) < 4.78 is 38.2. The Labute approximate surface area is 134 Å². The molecule has 0 radical (unpaired) electrons. The lowest BCUT2D eigenvalue weighted by Gasteiger charge is -2.06. The van der Waals surface area contributed by atoms with Crippen LogP contribution < -0.4 is 0 Å². The van der Waals surface area contributed by atoms with E-state index in [1.165, 1.54) is 16.9 Å². The minimum Gasteiger partial charge on any atom is -0.166 e. The van der Waals surface area contributed by atoms with Crippen LogP contribution in [0.25, 0.3) is 11.4 Å². The van der Waals surface area contributed by atoms with E-state index in [1.54, 1.807) is 12.1 Å². The second-order valence-electron chi connectivity index (χ2n) is 4.85. The van der Waals surface area contributed by atoms with E-state index >= 15 is 0 Å². The van der Waals surface area contributed by atoms with Crippen molar-refractivity contribution < 1.29 is 13.2 Å². The second-order valence-corrected chi connectivity index (χ2v) is 5.28. The van der Waals surface area contributed by atoms with Gasteiger partial charge in [-0.25, -0.2) is 0 Å². The topological polar surface area (TPSA) is 43.6 Å². The van der Waals surface area contributed by atoms with Gasteiger partial charge in [0.15, 0.2) is 0 Å². The smallest absolute Gasteiger partial charge is 0.166 e. The highest BCUT2D eigenvalue weighted by Crippen LogP contribution is 2.31. The fourth-order valence-electron chi connectivity index (χ4n) is 2.01. The molecule has 0 unspecified atom stereocenters. The first-order valence-electron chi connectivity index (χ1n) is 6.62. The van der Waals surface area contributed by atoms with E-state index in [2.05, 4.69) is 15.4 Å². The highest BCUT2D eigenvalue weighted by atomic mass is 35.5. The van der Waals surface area contributed by atoms with Gasteiger partial charge in [0.25, 0.3) is 0 Å². The Morgan fingerprint density at radius 2 is 1.78 bits per heavy atom. The molecule has 0 amide bonds. The van der Waals surface area contributed by atoms with E-state index in [0.717, 1.165) is 17.7 Å². The summed E-state index contributed by atoms with van der Waals surface area (Å²) in [5, 5.41) is 12.4. The van der Waals surface area contributed by atoms with E-state index in [0.29, 0.717) is 11.6 Å². The molecule has 1 aromatic heterocycles. The molecular weight excluding hydrogens is 329 g/mol. The van der Waals surface area contributed by atoms with Gasteiger partial charge in [-0.15, -0.1) is 10.2 Å². The largest absolute Gasteiger partial charge is 0.416 e. The SMILES string of the molecule is FC(F)(F)c1cccc(-c2nnn(Cc3ccc(Cl)cc3)n2)c1. The molecule has 23 heavy (non-hydrogen) atoms. The molecule has 0 N–H and O–H groups in total. The maximum absolute atomic E-state index is 12.7. The molecule has 2 aromatic carbocycles. The van der Waals surface area contributed by atoms with Crippen LogP contribution in [0.2, 0.25) is 5.02 Å². The van der Waals surface area contributed by atoms with Crippen molar-refractivity contribution in [3.05, 3.63) is 64.7 Å². The van der Waals surface area contributed by atoms with Crippen LogP contribution in [0.1, 0.15) is 11.1 Å². The number of nitrogens with zero attached hydrogens (tertiary/aromatic N) is 4. The number of rotatable bonds is 3. The summed E-state index contributed by atoms with van der Waals surface area (Å²) in [6.45, 7) is 0.350. The van der Waals surface area contributed by atoms with Crippen molar-refractivity contribution in [3.63, 3.8) is 0 Å². The molecule has 8 heteroatoms. The van der Waals surface area contributed by atoms with E-state index in [9.17, 15) is 13.2 Å². The van der Waals surface area contributed by atoms with Crippen molar-refractivity contribution in [1.29, 1.82) is 0 Å². The molecule has 3 rings (SSSR count). The van der Waals surface area contributed by atoms with E-state index in [-0.39, 0.29) is 11.4 Å². The fraction of sp³-hybridized carbons (Fsp3) is 0.133. The highest BCUT2D eigenvalue weighted by Gasteiger charge is 2.30. The summed E-state index contributed by atoms with van der Waals surface area (Å²) in [6, 6.07) is 11.9. The van der Waals surface area contributed by atoms with Crippen LogP contribution in [-0.4, -0.2) is 20.2 Å². The van der Waals surface area contributed by atoms with Gasteiger partial charge in [-0.05, 0) is 35.0 Å². The minimum atomic E-state index is -4.41. The number of aromatic nitrogens is 4. The van der Waals surface area contributed by atoms with Crippen LogP contribution in [0, 0.1) is 0 Å². The number of benzene rings is 2. The Morgan fingerprint density at radius 3 is 2.48 bits per heavy atom. The molecule has 0 saturated carbocycles. The molecule has 0 bridgehead atoms. The Bertz CT molecular complexity index is 812. The van der Waals surface area contributed by atoms with Crippen molar-refractivity contribution in [2.24, 2.45) is 0 Å². The first-order chi connectivity index (χ1) is 10.9. The molecule has 118 valence electrons. The third-order valence-corrected chi connectivity index (χ3v) is 3.39. The van der Waals surface area contributed by atoms with E-state index < -0.39 is 11.7 Å². The molecule has 0 aliphatic rings. The Kier molecular flexibility index (Phi) is 4.04. The normalized spacial score (nSPS) is 11.7. The summed E-state index contributed by atoms with van der Waals surface area (Å²) >= 11 is 5.81. The second kappa shape index (κ2) is 6.00. The average molecular weight is 339 g/mol. The van der Waals surface area contributed by atoms with Gasteiger partial charge in [0, 0.05) is 10.6 Å². The summed E-state index contributed by atoms with van der Waals surface area (Å²) in [7, 11) is 0. The van der Waals surface area contributed by atoms with Crippen molar-refractivity contribution in [2.45, 2.75) is 12.7 Å². The molecule has 0 saturated heterocycles. The fourth-order valence-corrected chi connectivity index (χ4v) is 2.14. The zero-order valence-corrected chi connectivity index (χ0v) is 12.4. The predicted molar refractivity (Wildman–Crippen MR) is 78.8 cm³/mol. The molecular formula is C15H10ClF3N4. The van der Waals surface area contributed by atoms with Crippen LogP contribution in [-0.2, 0) is 12.7 Å². The number of hydrogen-bond donors (Lipinski definition) is 0. The van der Waals surface area contributed by atoms with Gasteiger partial charge in [-0.3, -0.25) is 0 Å². The number of hydrogen-bond acceptors (Lipinski definition) is 3. The zero-order chi connectivity index (χ0) is 16.4. The van der Waals surface area contributed by atoms with Crippen molar-refractivity contribution in [2.75, 3.05) is 0 Å². The summed E-state index contributed by atoms with van der Waals surface area (Å²) in [4.78, 5) is 1.32. The van der Waals surface area contributed by atoms with Crippen LogP contribution in [0.4, 0.5) is 13.2 Å². The highest BCUT2D eigenvalue weighted by molar-refractivity contribution is 6.30. The van der Waals surface area contributed by atoms with Gasteiger partial charge in [0.1, 0.15) is 0 Å².